The van der Waals surface area contributed by atoms with Gasteiger partial charge in [0.2, 0.25) is 5.95 Å². The predicted octanol–water partition coefficient (Wildman–Crippen LogP) is 1.36. The van der Waals surface area contributed by atoms with Crippen LogP contribution < -0.4 is 16.6 Å². The van der Waals surface area contributed by atoms with Gasteiger partial charge in [-0.1, -0.05) is 12.8 Å². The Morgan fingerprint density at radius 2 is 2.05 bits per heavy atom. The van der Waals surface area contributed by atoms with Gasteiger partial charge in [0.05, 0.1) is 0 Å². The first kappa shape index (κ1) is 14.0. The van der Waals surface area contributed by atoms with Crippen LogP contribution in [0.2, 0.25) is 0 Å². The molecule has 106 valence electrons. The molecular formula is C13H24N6. The van der Waals surface area contributed by atoms with E-state index < -0.39 is 0 Å². The van der Waals surface area contributed by atoms with E-state index in [0.717, 1.165) is 17.9 Å². The average Bonchev–Trinajstić information content (AvgIpc) is 2.88. The fraction of sp³-hybridized carbons (Fsp3) is 0.692. The van der Waals surface area contributed by atoms with E-state index in [1.54, 1.807) is 6.20 Å². The molecule has 1 fully saturated rings. The first-order chi connectivity index (χ1) is 9.07. The molecule has 0 bridgehead atoms. The lowest BCUT2D eigenvalue weighted by Crippen LogP contribution is -2.47. The number of anilines is 2. The normalized spacial score (nSPS) is 17.7. The van der Waals surface area contributed by atoms with Crippen molar-refractivity contribution in [3.05, 3.63) is 11.8 Å². The number of nitrogen functional groups attached to an aromatic ring is 1. The van der Waals surface area contributed by atoms with Gasteiger partial charge >= 0.3 is 0 Å². The molecule has 19 heavy (non-hydrogen) atoms. The fourth-order valence-corrected chi connectivity index (χ4v) is 2.75. The molecule has 1 aliphatic rings. The third-order valence-corrected chi connectivity index (χ3v) is 4.17. The summed E-state index contributed by atoms with van der Waals surface area (Å²) < 4.78 is 0. The van der Waals surface area contributed by atoms with Crippen molar-refractivity contribution in [3.63, 3.8) is 0 Å². The molecule has 1 heterocycles. The van der Waals surface area contributed by atoms with Gasteiger partial charge in [-0.05, 0) is 33.9 Å². The quantitative estimate of drug-likeness (QED) is 0.550. The smallest absolute Gasteiger partial charge is 0.239 e. The number of nitrogens with one attached hydrogen (secondary N) is 2. The largest absolute Gasteiger partial charge is 0.368 e. The standard InChI is InChI=1S/C13H24N6/c1-10-8-15-12(18-14)17-11(10)16-9-13(19(2)3)6-4-5-7-13/h8H,4-7,9,14H2,1-3H3,(H2,15,16,17,18). The molecule has 1 aliphatic carbocycles. The van der Waals surface area contributed by atoms with Crippen LogP contribution in [0.1, 0.15) is 31.2 Å². The highest BCUT2D eigenvalue weighted by atomic mass is 15.3. The maximum atomic E-state index is 5.35. The van der Waals surface area contributed by atoms with Gasteiger partial charge in [-0.15, -0.1) is 0 Å². The molecule has 0 spiro atoms. The van der Waals surface area contributed by atoms with Gasteiger partial charge in [-0.25, -0.2) is 10.8 Å². The number of nitrogens with zero attached hydrogens (tertiary/aromatic N) is 3. The topological polar surface area (TPSA) is 79.1 Å². The van der Waals surface area contributed by atoms with E-state index in [2.05, 4.69) is 39.7 Å². The van der Waals surface area contributed by atoms with Crippen LogP contribution in [0, 0.1) is 6.92 Å². The second-order valence-electron chi connectivity index (χ2n) is 5.55. The van der Waals surface area contributed by atoms with Crippen LogP contribution in [-0.4, -0.2) is 41.0 Å². The van der Waals surface area contributed by atoms with E-state index in [0.29, 0.717) is 5.95 Å². The molecule has 0 radical (unpaired) electrons. The monoisotopic (exact) mass is 264 g/mol. The predicted molar refractivity (Wildman–Crippen MR) is 78.0 cm³/mol. The average molecular weight is 264 g/mol. The zero-order valence-electron chi connectivity index (χ0n) is 12.0. The summed E-state index contributed by atoms with van der Waals surface area (Å²) in [6, 6.07) is 0. The van der Waals surface area contributed by atoms with Crippen LogP contribution in [0.4, 0.5) is 11.8 Å². The van der Waals surface area contributed by atoms with Crippen molar-refractivity contribution in [3.8, 4) is 0 Å². The van der Waals surface area contributed by atoms with Crippen molar-refractivity contribution in [1.82, 2.24) is 14.9 Å². The van der Waals surface area contributed by atoms with Crippen LogP contribution >= 0.6 is 0 Å². The van der Waals surface area contributed by atoms with Crippen molar-refractivity contribution in [1.29, 1.82) is 0 Å². The summed E-state index contributed by atoms with van der Waals surface area (Å²) in [4.78, 5) is 10.8. The Balaban J connectivity index is 2.09. The molecule has 0 atom stereocenters. The summed E-state index contributed by atoms with van der Waals surface area (Å²) in [6.45, 7) is 2.90. The molecule has 0 aromatic carbocycles. The molecule has 0 amide bonds. The minimum atomic E-state index is 0.244. The summed E-state index contributed by atoms with van der Waals surface area (Å²) in [5.74, 6) is 6.65. The third kappa shape index (κ3) is 2.96. The van der Waals surface area contributed by atoms with Crippen molar-refractivity contribution in [2.75, 3.05) is 31.4 Å². The molecule has 6 nitrogen and oxygen atoms in total. The highest BCUT2D eigenvalue weighted by molar-refractivity contribution is 5.46. The lowest BCUT2D eigenvalue weighted by molar-refractivity contribution is 0.172. The van der Waals surface area contributed by atoms with Crippen molar-refractivity contribution >= 4 is 11.8 Å². The first-order valence-corrected chi connectivity index (χ1v) is 6.79. The highest BCUT2D eigenvalue weighted by Gasteiger charge is 2.35. The molecule has 2 rings (SSSR count). The van der Waals surface area contributed by atoms with E-state index in [4.69, 9.17) is 5.84 Å². The van der Waals surface area contributed by atoms with Gasteiger partial charge in [0.1, 0.15) is 5.82 Å². The molecule has 0 unspecified atom stereocenters. The van der Waals surface area contributed by atoms with Crippen molar-refractivity contribution < 1.29 is 0 Å². The first-order valence-electron chi connectivity index (χ1n) is 6.79. The molecular weight excluding hydrogens is 240 g/mol. The Morgan fingerprint density at radius 3 is 2.63 bits per heavy atom. The van der Waals surface area contributed by atoms with Crippen LogP contribution in [0.15, 0.2) is 6.20 Å². The number of hydrazine groups is 1. The SMILES string of the molecule is Cc1cnc(NN)nc1NCC1(N(C)C)CCCC1. The second kappa shape index (κ2) is 5.71. The minimum Gasteiger partial charge on any atom is -0.368 e. The Labute approximate surface area is 114 Å². The molecule has 1 saturated carbocycles. The van der Waals surface area contributed by atoms with Crippen LogP contribution in [-0.2, 0) is 0 Å². The van der Waals surface area contributed by atoms with Crippen LogP contribution in [0.3, 0.4) is 0 Å². The number of aryl methyl sites for hydroxylation is 1. The molecule has 6 heteroatoms. The third-order valence-electron chi connectivity index (χ3n) is 4.17. The Kier molecular flexibility index (Phi) is 4.21. The number of rotatable bonds is 5. The zero-order chi connectivity index (χ0) is 13.9. The summed E-state index contributed by atoms with van der Waals surface area (Å²) >= 11 is 0. The van der Waals surface area contributed by atoms with Gasteiger partial charge in [-0.2, -0.15) is 4.98 Å². The maximum Gasteiger partial charge on any atom is 0.239 e. The lowest BCUT2D eigenvalue weighted by Gasteiger charge is -2.36. The van der Waals surface area contributed by atoms with Gasteiger partial charge in [-0.3, -0.25) is 5.43 Å². The number of nitrogens with two attached hydrogens (primary N) is 1. The van der Waals surface area contributed by atoms with Gasteiger partial charge in [0.15, 0.2) is 0 Å². The van der Waals surface area contributed by atoms with Gasteiger partial charge in [0, 0.05) is 23.8 Å². The van der Waals surface area contributed by atoms with Crippen LogP contribution in [0.5, 0.6) is 0 Å². The highest BCUT2D eigenvalue weighted by Crippen LogP contribution is 2.34. The Hall–Kier alpha value is -1.40. The molecule has 0 saturated heterocycles. The molecule has 4 N–H and O–H groups in total. The number of likely N-dealkylation sites (N-methyl/N-ethyl adjacent to an activating group) is 1. The van der Waals surface area contributed by atoms with E-state index in [1.165, 1.54) is 25.7 Å². The fourth-order valence-electron chi connectivity index (χ4n) is 2.75. The second-order valence-corrected chi connectivity index (χ2v) is 5.55. The van der Waals surface area contributed by atoms with Crippen molar-refractivity contribution in [2.24, 2.45) is 5.84 Å². The van der Waals surface area contributed by atoms with E-state index in [1.807, 2.05) is 6.92 Å². The zero-order valence-corrected chi connectivity index (χ0v) is 12.0. The summed E-state index contributed by atoms with van der Waals surface area (Å²) in [5.41, 5.74) is 3.76. The van der Waals surface area contributed by atoms with E-state index >= 15 is 0 Å². The summed E-state index contributed by atoms with van der Waals surface area (Å²) in [7, 11) is 4.32. The van der Waals surface area contributed by atoms with Gasteiger partial charge in [0.25, 0.3) is 0 Å². The van der Waals surface area contributed by atoms with Gasteiger partial charge < -0.3 is 10.2 Å². The Morgan fingerprint density at radius 1 is 1.37 bits per heavy atom. The summed E-state index contributed by atoms with van der Waals surface area (Å²) in [5, 5.41) is 3.46. The molecule has 1 aromatic rings. The molecule has 1 aromatic heterocycles. The van der Waals surface area contributed by atoms with E-state index in [-0.39, 0.29) is 5.54 Å². The minimum absolute atomic E-state index is 0.244. The number of hydrogen-bond acceptors (Lipinski definition) is 6. The number of aromatic nitrogens is 2. The van der Waals surface area contributed by atoms with Crippen molar-refractivity contribution in [2.45, 2.75) is 38.1 Å². The van der Waals surface area contributed by atoms with Crippen LogP contribution in [0.25, 0.3) is 0 Å². The number of hydrogen-bond donors (Lipinski definition) is 3. The Bertz CT molecular complexity index is 425. The molecule has 0 aliphatic heterocycles. The lowest BCUT2D eigenvalue weighted by atomic mass is 9.96. The van der Waals surface area contributed by atoms with E-state index in [9.17, 15) is 0 Å². The maximum absolute atomic E-state index is 5.35. The summed E-state index contributed by atoms with van der Waals surface area (Å²) in [6.07, 6.45) is 6.86.